The molecule has 1 aliphatic heterocycles. The van der Waals surface area contributed by atoms with E-state index >= 15 is 0 Å². The number of hydrogen-bond donors (Lipinski definition) is 1. The zero-order chi connectivity index (χ0) is 20.6. The smallest absolute Gasteiger partial charge is 0.219 e. The fourth-order valence-corrected chi connectivity index (χ4v) is 3.01. The van der Waals surface area contributed by atoms with Crippen molar-refractivity contribution in [3.8, 4) is 11.6 Å². The van der Waals surface area contributed by atoms with Crippen molar-refractivity contribution in [2.24, 2.45) is 4.99 Å². The fraction of sp³-hybridized carbons (Fsp3) is 0.381. The van der Waals surface area contributed by atoms with Crippen molar-refractivity contribution in [3.63, 3.8) is 0 Å². The quantitative estimate of drug-likeness (QED) is 0.618. The van der Waals surface area contributed by atoms with E-state index in [2.05, 4.69) is 15.2 Å². The highest BCUT2D eigenvalue weighted by atomic mass is 19.1. The third-order valence-corrected chi connectivity index (χ3v) is 4.60. The van der Waals surface area contributed by atoms with Gasteiger partial charge in [0.2, 0.25) is 11.8 Å². The molecule has 7 nitrogen and oxygen atoms in total. The summed E-state index contributed by atoms with van der Waals surface area (Å²) in [5.41, 5.74) is 0.953. The fourth-order valence-electron chi connectivity index (χ4n) is 3.01. The Morgan fingerprint density at radius 2 is 1.83 bits per heavy atom. The minimum atomic E-state index is -0.308. The minimum absolute atomic E-state index is 0.112. The lowest BCUT2D eigenvalue weighted by molar-refractivity contribution is -0.130. The third-order valence-electron chi connectivity index (χ3n) is 4.60. The van der Waals surface area contributed by atoms with Gasteiger partial charge in [0.05, 0.1) is 6.54 Å². The number of carbonyl (C=O) groups excluding carboxylic acids is 1. The highest BCUT2D eigenvalue weighted by molar-refractivity contribution is 5.80. The second-order valence-corrected chi connectivity index (χ2v) is 6.72. The molecule has 1 aromatic carbocycles. The monoisotopic (exact) mass is 399 g/mol. The maximum absolute atomic E-state index is 13.0. The summed E-state index contributed by atoms with van der Waals surface area (Å²) in [6.07, 6.45) is 1.72. The Kier molecular flexibility index (Phi) is 6.99. The number of nitrogens with zero attached hydrogens (tertiary/aromatic N) is 4. The maximum atomic E-state index is 13.0. The second kappa shape index (κ2) is 9.86. The van der Waals surface area contributed by atoms with Crippen LogP contribution in [0.15, 0.2) is 47.6 Å². The second-order valence-electron chi connectivity index (χ2n) is 6.72. The summed E-state index contributed by atoms with van der Waals surface area (Å²) in [6.45, 7) is 7.82. The Morgan fingerprint density at radius 1 is 1.14 bits per heavy atom. The Labute approximate surface area is 170 Å². The molecule has 8 heteroatoms. The Morgan fingerprint density at radius 3 is 2.41 bits per heavy atom. The van der Waals surface area contributed by atoms with Gasteiger partial charge in [-0.2, -0.15) is 0 Å². The van der Waals surface area contributed by atoms with Crippen LogP contribution < -0.4 is 10.1 Å². The molecule has 1 aromatic heterocycles. The van der Waals surface area contributed by atoms with Crippen molar-refractivity contribution in [2.45, 2.75) is 20.4 Å². The molecule has 0 aliphatic carbocycles. The van der Waals surface area contributed by atoms with Crippen molar-refractivity contribution in [2.75, 3.05) is 32.7 Å². The number of halogens is 1. The van der Waals surface area contributed by atoms with E-state index in [4.69, 9.17) is 9.73 Å². The van der Waals surface area contributed by atoms with E-state index in [-0.39, 0.29) is 11.7 Å². The van der Waals surface area contributed by atoms with Crippen LogP contribution in [0.5, 0.6) is 11.6 Å². The van der Waals surface area contributed by atoms with Crippen LogP contribution in [0.3, 0.4) is 0 Å². The number of pyridine rings is 1. The molecule has 1 amide bonds. The van der Waals surface area contributed by atoms with E-state index in [9.17, 15) is 9.18 Å². The summed E-state index contributed by atoms with van der Waals surface area (Å²) in [6, 6.07) is 9.49. The Hall–Kier alpha value is -3.16. The standard InChI is InChI=1S/C21H26FN5O2/c1-3-23-21(27-12-10-26(11-13-27)16(2)28)25-15-17-4-9-20(24-14-17)29-19-7-5-18(22)6-8-19/h4-9,14H,3,10-13,15H2,1-2H3,(H,23,25). The topological polar surface area (TPSA) is 70.1 Å². The molecule has 2 aromatic rings. The maximum Gasteiger partial charge on any atom is 0.219 e. The number of aliphatic imine (C=N–C) groups is 1. The zero-order valence-corrected chi connectivity index (χ0v) is 16.8. The van der Waals surface area contributed by atoms with Crippen LogP contribution in [0.25, 0.3) is 0 Å². The van der Waals surface area contributed by atoms with Gasteiger partial charge in [-0.3, -0.25) is 4.79 Å². The molecule has 0 saturated carbocycles. The number of carbonyl (C=O) groups is 1. The van der Waals surface area contributed by atoms with Gasteiger partial charge in [0.1, 0.15) is 11.6 Å². The molecule has 2 heterocycles. The van der Waals surface area contributed by atoms with Crippen molar-refractivity contribution in [3.05, 3.63) is 54.0 Å². The number of amides is 1. The van der Waals surface area contributed by atoms with E-state index in [0.717, 1.165) is 31.2 Å². The highest BCUT2D eigenvalue weighted by Crippen LogP contribution is 2.19. The number of nitrogens with one attached hydrogen (secondary N) is 1. The van der Waals surface area contributed by atoms with Gasteiger partial charge in [-0.15, -0.1) is 0 Å². The van der Waals surface area contributed by atoms with E-state index in [1.165, 1.54) is 12.1 Å². The summed E-state index contributed by atoms with van der Waals surface area (Å²) in [5.74, 6) is 1.61. The predicted molar refractivity (Wildman–Crippen MR) is 109 cm³/mol. The van der Waals surface area contributed by atoms with E-state index in [0.29, 0.717) is 31.3 Å². The molecule has 0 spiro atoms. The number of piperazine rings is 1. The first-order valence-corrected chi connectivity index (χ1v) is 9.72. The summed E-state index contributed by atoms with van der Waals surface area (Å²) >= 11 is 0. The Bertz CT molecular complexity index is 831. The van der Waals surface area contributed by atoms with Crippen LogP contribution in [0.1, 0.15) is 19.4 Å². The van der Waals surface area contributed by atoms with Gasteiger partial charge < -0.3 is 19.9 Å². The lowest BCUT2D eigenvalue weighted by atomic mass is 10.3. The third kappa shape index (κ3) is 5.91. The first kappa shape index (κ1) is 20.6. The molecular formula is C21H26FN5O2. The first-order chi connectivity index (χ1) is 14.0. The minimum Gasteiger partial charge on any atom is -0.439 e. The molecule has 1 N–H and O–H groups in total. The molecule has 1 aliphatic rings. The SMILES string of the molecule is CCNC(=NCc1ccc(Oc2ccc(F)cc2)nc1)N1CCN(C(C)=O)CC1. The van der Waals surface area contributed by atoms with Gasteiger partial charge in [0.15, 0.2) is 5.96 Å². The summed E-state index contributed by atoms with van der Waals surface area (Å²) in [7, 11) is 0. The number of hydrogen-bond acceptors (Lipinski definition) is 4. The van der Waals surface area contributed by atoms with Crippen molar-refractivity contribution >= 4 is 11.9 Å². The summed E-state index contributed by atoms with van der Waals surface area (Å²) < 4.78 is 18.6. The molecule has 29 heavy (non-hydrogen) atoms. The predicted octanol–water partition coefficient (Wildman–Crippen LogP) is 2.64. The van der Waals surface area contributed by atoms with Gasteiger partial charge in [0, 0.05) is 51.9 Å². The van der Waals surface area contributed by atoms with Crippen molar-refractivity contribution in [1.82, 2.24) is 20.1 Å². The number of aromatic nitrogens is 1. The van der Waals surface area contributed by atoms with Crippen LogP contribution in [-0.2, 0) is 11.3 Å². The first-order valence-electron chi connectivity index (χ1n) is 9.72. The molecular weight excluding hydrogens is 373 g/mol. The van der Waals surface area contributed by atoms with Crippen LogP contribution in [-0.4, -0.2) is 59.4 Å². The van der Waals surface area contributed by atoms with Gasteiger partial charge in [-0.1, -0.05) is 6.07 Å². The molecule has 154 valence electrons. The normalized spacial score (nSPS) is 14.7. The molecule has 1 fully saturated rings. The van der Waals surface area contributed by atoms with Gasteiger partial charge in [-0.25, -0.2) is 14.4 Å². The van der Waals surface area contributed by atoms with Crippen LogP contribution >= 0.6 is 0 Å². The largest absolute Gasteiger partial charge is 0.439 e. The van der Waals surface area contributed by atoms with E-state index in [1.807, 2.05) is 17.9 Å². The van der Waals surface area contributed by atoms with E-state index < -0.39 is 0 Å². The molecule has 0 atom stereocenters. The Balaban J connectivity index is 1.59. The van der Waals surface area contributed by atoms with Gasteiger partial charge in [0.25, 0.3) is 0 Å². The number of ether oxygens (including phenoxy) is 1. The van der Waals surface area contributed by atoms with Crippen molar-refractivity contribution in [1.29, 1.82) is 0 Å². The van der Waals surface area contributed by atoms with Crippen LogP contribution in [0.4, 0.5) is 4.39 Å². The lowest BCUT2D eigenvalue weighted by Gasteiger charge is -2.36. The number of benzene rings is 1. The van der Waals surface area contributed by atoms with Gasteiger partial charge in [-0.05, 0) is 36.8 Å². The lowest BCUT2D eigenvalue weighted by Crippen LogP contribution is -2.53. The average Bonchev–Trinajstić information content (AvgIpc) is 2.74. The molecule has 0 bridgehead atoms. The molecule has 1 saturated heterocycles. The molecule has 0 radical (unpaired) electrons. The highest BCUT2D eigenvalue weighted by Gasteiger charge is 2.20. The van der Waals surface area contributed by atoms with E-state index in [1.54, 1.807) is 31.3 Å². The van der Waals surface area contributed by atoms with Crippen LogP contribution in [0.2, 0.25) is 0 Å². The number of guanidine groups is 1. The molecule has 3 rings (SSSR count). The van der Waals surface area contributed by atoms with Crippen molar-refractivity contribution < 1.29 is 13.9 Å². The van der Waals surface area contributed by atoms with Crippen LogP contribution in [0, 0.1) is 5.82 Å². The molecule has 0 unspecified atom stereocenters. The zero-order valence-electron chi connectivity index (χ0n) is 16.8. The van der Waals surface area contributed by atoms with Gasteiger partial charge >= 0.3 is 0 Å². The summed E-state index contributed by atoms with van der Waals surface area (Å²) in [5, 5.41) is 3.31. The average molecular weight is 399 g/mol. The number of rotatable bonds is 5. The summed E-state index contributed by atoms with van der Waals surface area (Å²) in [4.78, 5) is 24.5.